The highest BCUT2D eigenvalue weighted by atomic mass is 32.2. The van der Waals surface area contributed by atoms with E-state index in [1.807, 2.05) is 0 Å². The average molecular weight is 250 g/mol. The molecule has 16 heavy (non-hydrogen) atoms. The molecule has 0 aromatic heterocycles. The predicted molar refractivity (Wildman–Crippen MR) is 51.5 cm³/mol. The number of halogens is 2. The molecule has 1 aromatic carbocycles. The minimum absolute atomic E-state index is 0.374. The van der Waals surface area contributed by atoms with E-state index < -0.39 is 38.9 Å². The normalized spacial score (nSPS) is 11.4. The van der Waals surface area contributed by atoms with E-state index >= 15 is 0 Å². The molecular weight excluding hydrogens is 242 g/mol. The number of hydrogen-bond donors (Lipinski definition) is 1. The van der Waals surface area contributed by atoms with Crippen molar-refractivity contribution in [2.75, 3.05) is 5.75 Å². The Labute approximate surface area is 90.4 Å². The summed E-state index contributed by atoms with van der Waals surface area (Å²) >= 11 is 0. The van der Waals surface area contributed by atoms with Crippen LogP contribution in [0.3, 0.4) is 0 Å². The van der Waals surface area contributed by atoms with E-state index in [9.17, 15) is 22.0 Å². The standard InChI is InChI=1S/C9H8F2O4S/c10-7-1-2-8(11)6(3-7)4-16(14,15)5-9(12)13/h1-3H,4-5H2,(H,12,13). The van der Waals surface area contributed by atoms with Crippen LogP contribution in [0.1, 0.15) is 5.56 Å². The lowest BCUT2D eigenvalue weighted by Crippen LogP contribution is -2.17. The molecule has 0 fully saturated rings. The second kappa shape index (κ2) is 4.56. The number of benzene rings is 1. The molecule has 1 rings (SSSR count). The topological polar surface area (TPSA) is 71.4 Å². The number of rotatable bonds is 4. The molecule has 1 aromatic rings. The van der Waals surface area contributed by atoms with E-state index in [2.05, 4.69) is 0 Å². The highest BCUT2D eigenvalue weighted by Gasteiger charge is 2.19. The Kier molecular flexibility index (Phi) is 3.58. The van der Waals surface area contributed by atoms with E-state index in [1.54, 1.807) is 0 Å². The molecule has 0 saturated heterocycles. The number of aliphatic carboxylic acids is 1. The maximum atomic E-state index is 13.1. The summed E-state index contributed by atoms with van der Waals surface area (Å²) in [5.74, 6) is -5.12. The first-order valence-corrected chi connectivity index (χ1v) is 5.98. The Morgan fingerprint density at radius 2 is 1.94 bits per heavy atom. The molecule has 88 valence electrons. The van der Waals surface area contributed by atoms with Crippen molar-refractivity contribution in [1.29, 1.82) is 0 Å². The van der Waals surface area contributed by atoms with Gasteiger partial charge in [-0.25, -0.2) is 17.2 Å². The zero-order valence-corrected chi connectivity index (χ0v) is 8.80. The fourth-order valence-electron chi connectivity index (χ4n) is 1.13. The monoisotopic (exact) mass is 250 g/mol. The Morgan fingerprint density at radius 1 is 1.31 bits per heavy atom. The fraction of sp³-hybridized carbons (Fsp3) is 0.222. The summed E-state index contributed by atoms with van der Waals surface area (Å²) in [5, 5.41) is 8.30. The summed E-state index contributed by atoms with van der Waals surface area (Å²) in [7, 11) is -3.98. The molecule has 4 nitrogen and oxygen atoms in total. The van der Waals surface area contributed by atoms with Gasteiger partial charge in [-0.05, 0) is 18.2 Å². The maximum Gasteiger partial charge on any atom is 0.318 e. The van der Waals surface area contributed by atoms with Crippen LogP contribution in [-0.4, -0.2) is 25.2 Å². The molecule has 0 amide bonds. The molecule has 7 heteroatoms. The smallest absolute Gasteiger partial charge is 0.318 e. The van der Waals surface area contributed by atoms with Crippen molar-refractivity contribution in [3.8, 4) is 0 Å². The van der Waals surface area contributed by atoms with Gasteiger partial charge in [-0.2, -0.15) is 0 Å². The highest BCUT2D eigenvalue weighted by molar-refractivity contribution is 7.91. The largest absolute Gasteiger partial charge is 0.480 e. The second-order valence-electron chi connectivity index (χ2n) is 3.16. The molecule has 1 N–H and O–H groups in total. The van der Waals surface area contributed by atoms with E-state index in [1.165, 1.54) is 0 Å². The molecule has 0 aliphatic carbocycles. The number of carboxylic acids is 1. The van der Waals surface area contributed by atoms with Crippen molar-refractivity contribution in [2.45, 2.75) is 5.75 Å². The minimum Gasteiger partial charge on any atom is -0.480 e. The quantitative estimate of drug-likeness (QED) is 0.864. The third-order valence-electron chi connectivity index (χ3n) is 1.73. The van der Waals surface area contributed by atoms with E-state index in [0.717, 1.165) is 18.2 Å². The molecule has 0 bridgehead atoms. The lowest BCUT2D eigenvalue weighted by molar-refractivity contribution is -0.134. The van der Waals surface area contributed by atoms with E-state index in [-0.39, 0.29) is 5.56 Å². The zero-order valence-electron chi connectivity index (χ0n) is 7.98. The SMILES string of the molecule is O=C(O)CS(=O)(=O)Cc1cc(F)ccc1F. The van der Waals surface area contributed by atoms with Crippen LogP contribution in [-0.2, 0) is 20.4 Å². The van der Waals surface area contributed by atoms with Crippen LogP contribution < -0.4 is 0 Å². The zero-order chi connectivity index (χ0) is 12.3. The van der Waals surface area contributed by atoms with Crippen molar-refractivity contribution in [1.82, 2.24) is 0 Å². The lowest BCUT2D eigenvalue weighted by atomic mass is 10.2. The van der Waals surface area contributed by atoms with Gasteiger partial charge in [-0.3, -0.25) is 4.79 Å². The molecule has 0 aliphatic heterocycles. The van der Waals surface area contributed by atoms with Crippen molar-refractivity contribution in [3.05, 3.63) is 35.4 Å². The average Bonchev–Trinajstić information content (AvgIpc) is 2.08. The van der Waals surface area contributed by atoms with Crippen LogP contribution in [0.2, 0.25) is 0 Å². The third kappa shape index (κ3) is 3.58. The van der Waals surface area contributed by atoms with E-state index in [4.69, 9.17) is 5.11 Å². The van der Waals surface area contributed by atoms with Crippen LogP contribution in [0.5, 0.6) is 0 Å². The van der Waals surface area contributed by atoms with Crippen molar-refractivity contribution in [2.24, 2.45) is 0 Å². The minimum atomic E-state index is -3.98. The Hall–Kier alpha value is -1.50. The van der Waals surface area contributed by atoms with Crippen molar-refractivity contribution in [3.63, 3.8) is 0 Å². The molecular formula is C9H8F2O4S. The molecule has 0 atom stereocenters. The van der Waals surface area contributed by atoms with Crippen molar-refractivity contribution >= 4 is 15.8 Å². The van der Waals surface area contributed by atoms with Gasteiger partial charge in [0.2, 0.25) is 0 Å². The molecule has 0 heterocycles. The van der Waals surface area contributed by atoms with Gasteiger partial charge in [0.15, 0.2) is 9.84 Å². The molecule has 0 unspecified atom stereocenters. The van der Waals surface area contributed by atoms with E-state index in [0.29, 0.717) is 0 Å². The number of sulfone groups is 1. The van der Waals surface area contributed by atoms with Crippen LogP contribution in [0.25, 0.3) is 0 Å². The highest BCUT2D eigenvalue weighted by Crippen LogP contribution is 2.13. The van der Waals surface area contributed by atoms with Crippen LogP contribution in [0.15, 0.2) is 18.2 Å². The first-order valence-electron chi connectivity index (χ1n) is 4.16. The molecule has 0 spiro atoms. The van der Waals surface area contributed by atoms with Gasteiger partial charge in [0, 0.05) is 5.56 Å². The number of carbonyl (C=O) groups is 1. The second-order valence-corrected chi connectivity index (χ2v) is 5.23. The Morgan fingerprint density at radius 3 is 2.50 bits per heavy atom. The van der Waals surface area contributed by atoms with Gasteiger partial charge >= 0.3 is 5.97 Å². The molecule has 0 saturated carbocycles. The summed E-state index contributed by atoms with van der Waals surface area (Å²) in [6.07, 6.45) is 0. The summed E-state index contributed by atoms with van der Waals surface area (Å²) in [6.45, 7) is 0. The third-order valence-corrected chi connectivity index (χ3v) is 3.16. The Bertz CT molecular complexity index is 510. The summed E-state index contributed by atoms with van der Waals surface area (Å²) in [5.41, 5.74) is -0.374. The van der Waals surface area contributed by atoms with Gasteiger partial charge < -0.3 is 5.11 Å². The lowest BCUT2D eigenvalue weighted by Gasteiger charge is -2.03. The summed E-state index contributed by atoms with van der Waals surface area (Å²) in [4.78, 5) is 10.2. The molecule has 0 radical (unpaired) electrons. The Balaban J connectivity index is 2.96. The van der Waals surface area contributed by atoms with Gasteiger partial charge in [-0.15, -0.1) is 0 Å². The van der Waals surface area contributed by atoms with Crippen LogP contribution in [0.4, 0.5) is 8.78 Å². The predicted octanol–water partition coefficient (Wildman–Crippen LogP) is 0.964. The number of hydrogen-bond acceptors (Lipinski definition) is 3. The number of carboxylic acid groups (broad SMARTS) is 1. The van der Waals surface area contributed by atoms with Crippen LogP contribution in [0, 0.1) is 11.6 Å². The first-order chi connectivity index (χ1) is 7.30. The molecule has 0 aliphatic rings. The van der Waals surface area contributed by atoms with Crippen LogP contribution >= 0.6 is 0 Å². The van der Waals surface area contributed by atoms with Gasteiger partial charge in [-0.1, -0.05) is 0 Å². The summed E-state index contributed by atoms with van der Waals surface area (Å²) in [6, 6.07) is 2.37. The van der Waals surface area contributed by atoms with Gasteiger partial charge in [0.1, 0.15) is 17.4 Å². The van der Waals surface area contributed by atoms with Gasteiger partial charge in [0.25, 0.3) is 0 Å². The van der Waals surface area contributed by atoms with Crippen molar-refractivity contribution < 1.29 is 27.1 Å². The summed E-state index contributed by atoms with van der Waals surface area (Å²) < 4.78 is 48.2. The maximum absolute atomic E-state index is 13.1. The van der Waals surface area contributed by atoms with Gasteiger partial charge in [0.05, 0.1) is 5.75 Å². The first kappa shape index (κ1) is 12.6. The fourth-order valence-corrected chi connectivity index (χ4v) is 2.30.